The van der Waals surface area contributed by atoms with Crippen LogP contribution in [0.25, 0.3) is 0 Å². The van der Waals surface area contributed by atoms with Crippen molar-refractivity contribution in [3.63, 3.8) is 0 Å². The predicted octanol–water partition coefficient (Wildman–Crippen LogP) is -0.169. The van der Waals surface area contributed by atoms with Crippen molar-refractivity contribution < 1.29 is 14.4 Å². The van der Waals surface area contributed by atoms with Gasteiger partial charge in [-0.2, -0.15) is 5.26 Å². The lowest BCUT2D eigenvalue weighted by molar-refractivity contribution is -0.149. The van der Waals surface area contributed by atoms with Crippen molar-refractivity contribution in [2.24, 2.45) is 5.73 Å². The van der Waals surface area contributed by atoms with Gasteiger partial charge in [0.15, 0.2) is 0 Å². The van der Waals surface area contributed by atoms with Crippen LogP contribution in [0.1, 0.15) is 12.5 Å². The Morgan fingerprint density at radius 3 is 2.55 bits per heavy atom. The molecule has 20 heavy (non-hydrogen) atoms. The number of hydrogen-bond acceptors (Lipinski definition) is 5. The zero-order chi connectivity index (χ0) is 15.1. The Balaban J connectivity index is 2.88. The first-order valence-corrected chi connectivity index (χ1v) is 5.84. The van der Waals surface area contributed by atoms with Gasteiger partial charge < -0.3 is 11.1 Å². The average molecular weight is 274 g/mol. The van der Waals surface area contributed by atoms with Crippen molar-refractivity contribution in [1.29, 1.82) is 5.26 Å². The normalized spacial score (nSPS) is 9.45. The van der Waals surface area contributed by atoms with Crippen molar-refractivity contribution in [1.82, 2.24) is 4.90 Å². The van der Waals surface area contributed by atoms with Crippen LogP contribution in [-0.4, -0.2) is 35.7 Å². The predicted molar refractivity (Wildman–Crippen MR) is 71.2 cm³/mol. The minimum atomic E-state index is -1.00. The summed E-state index contributed by atoms with van der Waals surface area (Å²) in [5.74, 6) is -2.56. The van der Waals surface area contributed by atoms with E-state index in [4.69, 9.17) is 11.0 Å². The summed E-state index contributed by atoms with van der Waals surface area (Å²) >= 11 is 0. The van der Waals surface area contributed by atoms with Crippen LogP contribution in [0.15, 0.2) is 24.3 Å². The summed E-state index contributed by atoms with van der Waals surface area (Å²) in [6.45, 7) is 1.19. The molecule has 0 heterocycles. The molecule has 0 fully saturated rings. The molecule has 0 unspecified atom stereocenters. The first kappa shape index (κ1) is 15.3. The van der Waals surface area contributed by atoms with Crippen molar-refractivity contribution in [3.8, 4) is 6.07 Å². The molecule has 7 heteroatoms. The maximum absolute atomic E-state index is 11.8. The number of para-hydroxylation sites is 1. The summed E-state index contributed by atoms with van der Waals surface area (Å²) in [5.41, 5.74) is 5.72. The third kappa shape index (κ3) is 3.63. The van der Waals surface area contributed by atoms with Gasteiger partial charge >= 0.3 is 11.8 Å². The lowest BCUT2D eigenvalue weighted by Gasteiger charge is -2.17. The Bertz CT molecular complexity index is 577. The van der Waals surface area contributed by atoms with Gasteiger partial charge in [0, 0.05) is 20.0 Å². The van der Waals surface area contributed by atoms with Crippen molar-refractivity contribution in [2.45, 2.75) is 6.92 Å². The number of nitrogens with zero attached hydrogens (tertiary/aromatic N) is 2. The first-order valence-electron chi connectivity index (χ1n) is 5.84. The summed E-state index contributed by atoms with van der Waals surface area (Å²) in [5, 5.41) is 11.2. The fourth-order valence-electron chi connectivity index (χ4n) is 1.52. The third-order valence-electron chi connectivity index (χ3n) is 2.47. The molecule has 1 aromatic carbocycles. The van der Waals surface area contributed by atoms with Crippen LogP contribution >= 0.6 is 0 Å². The van der Waals surface area contributed by atoms with E-state index in [1.54, 1.807) is 12.1 Å². The Labute approximate surface area is 116 Å². The highest BCUT2D eigenvalue weighted by molar-refractivity contribution is 6.41. The topological polar surface area (TPSA) is 116 Å². The van der Waals surface area contributed by atoms with Crippen LogP contribution in [-0.2, 0) is 14.4 Å². The molecule has 0 aliphatic heterocycles. The van der Waals surface area contributed by atoms with Gasteiger partial charge in [0.1, 0.15) is 6.07 Å². The fraction of sp³-hybridized carbons (Fsp3) is 0.231. The molecule has 7 nitrogen and oxygen atoms in total. The molecule has 0 saturated carbocycles. The molecule has 0 aromatic heterocycles. The fourth-order valence-corrected chi connectivity index (χ4v) is 1.52. The van der Waals surface area contributed by atoms with Crippen LogP contribution in [0.3, 0.4) is 0 Å². The molecule has 1 aromatic rings. The second-order valence-electron chi connectivity index (χ2n) is 3.88. The molecule has 3 amide bonds. The highest BCUT2D eigenvalue weighted by Crippen LogP contribution is 2.13. The largest absolute Gasteiger partial charge is 0.329 e. The third-order valence-corrected chi connectivity index (χ3v) is 2.47. The van der Waals surface area contributed by atoms with Crippen molar-refractivity contribution in [2.75, 3.05) is 18.4 Å². The van der Waals surface area contributed by atoms with Gasteiger partial charge in [-0.05, 0) is 12.1 Å². The second kappa shape index (κ2) is 7.01. The summed E-state index contributed by atoms with van der Waals surface area (Å²) in [6, 6.07) is 8.13. The Morgan fingerprint density at radius 2 is 2.00 bits per heavy atom. The van der Waals surface area contributed by atoms with Gasteiger partial charge in [0.25, 0.3) is 0 Å². The Hall–Kier alpha value is -2.72. The van der Waals surface area contributed by atoms with E-state index in [1.807, 2.05) is 6.07 Å². The van der Waals surface area contributed by atoms with Crippen LogP contribution in [0.5, 0.6) is 0 Å². The SMILES string of the molecule is CC(=O)N(CCN)C(=O)C(=O)Nc1ccccc1C#N. The average Bonchev–Trinajstić information content (AvgIpc) is 2.44. The van der Waals surface area contributed by atoms with E-state index in [1.165, 1.54) is 19.1 Å². The van der Waals surface area contributed by atoms with E-state index in [9.17, 15) is 14.4 Å². The maximum atomic E-state index is 11.8. The van der Waals surface area contributed by atoms with E-state index in [0.717, 1.165) is 4.90 Å². The minimum absolute atomic E-state index is 0.0402. The van der Waals surface area contributed by atoms with Crippen LogP contribution in [0.2, 0.25) is 0 Å². The molecule has 0 spiro atoms. The molecule has 104 valence electrons. The van der Waals surface area contributed by atoms with Crippen LogP contribution in [0, 0.1) is 11.3 Å². The number of anilines is 1. The lowest BCUT2D eigenvalue weighted by atomic mass is 10.2. The number of carbonyl (C=O) groups excluding carboxylic acids is 3. The molecule has 0 saturated heterocycles. The smallest absolute Gasteiger partial charge is 0.318 e. The van der Waals surface area contributed by atoms with E-state index in [0.29, 0.717) is 0 Å². The molecular weight excluding hydrogens is 260 g/mol. The van der Waals surface area contributed by atoms with Crippen molar-refractivity contribution >= 4 is 23.4 Å². The number of carbonyl (C=O) groups is 3. The number of imide groups is 1. The molecular formula is C13H14N4O3. The molecule has 0 bridgehead atoms. The van der Waals surface area contributed by atoms with Gasteiger partial charge in [-0.1, -0.05) is 12.1 Å². The molecule has 0 aliphatic rings. The highest BCUT2D eigenvalue weighted by Gasteiger charge is 2.24. The molecule has 0 aliphatic carbocycles. The quantitative estimate of drug-likeness (QED) is 0.742. The van der Waals surface area contributed by atoms with E-state index in [2.05, 4.69) is 5.32 Å². The number of rotatable bonds is 3. The van der Waals surface area contributed by atoms with E-state index in [-0.39, 0.29) is 24.3 Å². The number of nitrogens with two attached hydrogens (primary N) is 1. The first-order chi connectivity index (χ1) is 9.51. The standard InChI is InChI=1S/C13H14N4O3/c1-9(18)17(7-6-14)13(20)12(19)16-11-5-3-2-4-10(11)8-15/h2-5H,6-7,14H2,1H3,(H,16,19). The molecule has 0 atom stereocenters. The highest BCUT2D eigenvalue weighted by atomic mass is 16.2. The lowest BCUT2D eigenvalue weighted by Crippen LogP contribution is -2.44. The zero-order valence-corrected chi connectivity index (χ0v) is 10.9. The maximum Gasteiger partial charge on any atom is 0.318 e. The summed E-state index contributed by atoms with van der Waals surface area (Å²) < 4.78 is 0. The molecule has 0 radical (unpaired) electrons. The van der Waals surface area contributed by atoms with E-state index < -0.39 is 17.7 Å². The number of amides is 3. The second-order valence-corrected chi connectivity index (χ2v) is 3.88. The minimum Gasteiger partial charge on any atom is -0.329 e. The van der Waals surface area contributed by atoms with Gasteiger partial charge in [0.05, 0.1) is 11.3 Å². The van der Waals surface area contributed by atoms with Crippen molar-refractivity contribution in [3.05, 3.63) is 29.8 Å². The van der Waals surface area contributed by atoms with Gasteiger partial charge in [-0.15, -0.1) is 0 Å². The zero-order valence-electron chi connectivity index (χ0n) is 10.9. The monoisotopic (exact) mass is 274 g/mol. The molecule has 1 rings (SSSR count). The Morgan fingerprint density at radius 1 is 1.35 bits per heavy atom. The van der Waals surface area contributed by atoms with Gasteiger partial charge in [0.2, 0.25) is 5.91 Å². The molecule has 3 N–H and O–H groups in total. The number of nitriles is 1. The number of hydrogen-bond donors (Lipinski definition) is 2. The van der Waals surface area contributed by atoms with Crippen LogP contribution in [0.4, 0.5) is 5.69 Å². The van der Waals surface area contributed by atoms with E-state index >= 15 is 0 Å². The summed E-state index contributed by atoms with van der Waals surface area (Å²) in [6.07, 6.45) is 0. The van der Waals surface area contributed by atoms with Gasteiger partial charge in [-0.25, -0.2) is 0 Å². The number of nitrogens with one attached hydrogen (secondary N) is 1. The number of benzene rings is 1. The van der Waals surface area contributed by atoms with Gasteiger partial charge in [-0.3, -0.25) is 19.3 Å². The summed E-state index contributed by atoms with van der Waals surface area (Å²) in [7, 11) is 0. The summed E-state index contributed by atoms with van der Waals surface area (Å²) in [4.78, 5) is 35.7. The van der Waals surface area contributed by atoms with Crippen LogP contribution < -0.4 is 11.1 Å². The Kier molecular flexibility index (Phi) is 5.38.